The van der Waals surface area contributed by atoms with Crippen molar-refractivity contribution in [2.24, 2.45) is 0 Å². The molecule has 1 N–H and O–H groups in total. The number of fused-ring (bicyclic) bond motifs is 1. The van der Waals surface area contributed by atoms with Crippen LogP contribution in [0.25, 0.3) is 27.7 Å². The second kappa shape index (κ2) is 6.26. The SMILES string of the molecule is OCc1ccc(-c2ccnc(-c3cnc4cnc(C(F)F)cn34)n2)s1. The molecule has 0 saturated heterocycles. The van der Waals surface area contributed by atoms with Crippen molar-refractivity contribution in [2.75, 3.05) is 0 Å². The average Bonchev–Trinajstić information content (AvgIpc) is 3.28. The van der Waals surface area contributed by atoms with Crippen LogP contribution in [0.15, 0.2) is 43.0 Å². The van der Waals surface area contributed by atoms with Crippen LogP contribution in [0.2, 0.25) is 0 Å². The van der Waals surface area contributed by atoms with E-state index in [1.807, 2.05) is 12.1 Å². The predicted octanol–water partition coefficient (Wildman–Crippen LogP) is 3.34. The number of halogens is 2. The molecular formula is C16H11F2N5OS. The molecule has 0 fully saturated rings. The van der Waals surface area contributed by atoms with Crippen LogP contribution in [-0.4, -0.2) is 29.4 Å². The Morgan fingerprint density at radius 1 is 1.12 bits per heavy atom. The monoisotopic (exact) mass is 359 g/mol. The maximum atomic E-state index is 12.9. The third-order valence-corrected chi connectivity index (χ3v) is 4.69. The fraction of sp³-hybridized carbons (Fsp3) is 0.125. The zero-order valence-electron chi connectivity index (χ0n) is 12.7. The molecule has 0 aliphatic heterocycles. The molecule has 6 nitrogen and oxygen atoms in total. The van der Waals surface area contributed by atoms with Gasteiger partial charge in [-0.3, -0.25) is 4.40 Å². The number of aliphatic hydroxyl groups is 1. The van der Waals surface area contributed by atoms with Gasteiger partial charge in [0.2, 0.25) is 0 Å². The molecule has 0 aliphatic carbocycles. The minimum atomic E-state index is -2.67. The molecule has 0 bridgehead atoms. The van der Waals surface area contributed by atoms with Crippen LogP contribution in [-0.2, 0) is 6.61 Å². The van der Waals surface area contributed by atoms with E-state index in [1.165, 1.54) is 34.3 Å². The van der Waals surface area contributed by atoms with E-state index in [4.69, 9.17) is 0 Å². The number of imidazole rings is 1. The van der Waals surface area contributed by atoms with E-state index >= 15 is 0 Å². The van der Waals surface area contributed by atoms with E-state index in [2.05, 4.69) is 19.9 Å². The molecule has 4 heterocycles. The van der Waals surface area contributed by atoms with Crippen molar-refractivity contribution in [3.63, 3.8) is 0 Å². The Morgan fingerprint density at radius 2 is 2.00 bits per heavy atom. The zero-order valence-corrected chi connectivity index (χ0v) is 13.5. The summed E-state index contributed by atoms with van der Waals surface area (Å²) in [5.41, 5.74) is 1.29. The maximum Gasteiger partial charge on any atom is 0.281 e. The number of nitrogens with zero attached hydrogens (tertiary/aromatic N) is 5. The van der Waals surface area contributed by atoms with Gasteiger partial charge < -0.3 is 5.11 Å². The Morgan fingerprint density at radius 3 is 2.76 bits per heavy atom. The van der Waals surface area contributed by atoms with Crippen LogP contribution in [0.4, 0.5) is 8.78 Å². The molecule has 0 radical (unpaired) electrons. The summed E-state index contributed by atoms with van der Waals surface area (Å²) in [6.07, 6.45) is 2.99. The molecule has 0 amide bonds. The number of rotatable bonds is 4. The van der Waals surface area contributed by atoms with Crippen molar-refractivity contribution >= 4 is 17.0 Å². The molecule has 4 rings (SSSR count). The summed E-state index contributed by atoms with van der Waals surface area (Å²) < 4.78 is 27.3. The highest BCUT2D eigenvalue weighted by Crippen LogP contribution is 2.28. The predicted molar refractivity (Wildman–Crippen MR) is 88.2 cm³/mol. The first-order valence-electron chi connectivity index (χ1n) is 7.30. The van der Waals surface area contributed by atoms with E-state index in [-0.39, 0.29) is 12.3 Å². The molecule has 126 valence electrons. The minimum Gasteiger partial charge on any atom is -0.391 e. The van der Waals surface area contributed by atoms with E-state index in [0.717, 1.165) is 9.75 Å². The summed E-state index contributed by atoms with van der Waals surface area (Å²) in [4.78, 5) is 18.3. The number of aromatic nitrogens is 5. The van der Waals surface area contributed by atoms with Gasteiger partial charge in [-0.05, 0) is 18.2 Å². The molecule has 0 spiro atoms. The van der Waals surface area contributed by atoms with Crippen molar-refractivity contribution in [1.82, 2.24) is 24.3 Å². The molecule has 25 heavy (non-hydrogen) atoms. The van der Waals surface area contributed by atoms with Gasteiger partial charge in [0, 0.05) is 17.3 Å². The van der Waals surface area contributed by atoms with Gasteiger partial charge in [-0.2, -0.15) is 0 Å². The van der Waals surface area contributed by atoms with Gasteiger partial charge in [0.15, 0.2) is 11.5 Å². The largest absolute Gasteiger partial charge is 0.391 e. The highest BCUT2D eigenvalue weighted by Gasteiger charge is 2.15. The van der Waals surface area contributed by atoms with E-state index in [0.29, 0.717) is 22.9 Å². The Kier molecular flexibility index (Phi) is 3.94. The summed E-state index contributed by atoms with van der Waals surface area (Å²) in [5, 5.41) is 9.19. The summed E-state index contributed by atoms with van der Waals surface area (Å²) in [5.74, 6) is 0.371. The van der Waals surface area contributed by atoms with Crippen molar-refractivity contribution in [1.29, 1.82) is 0 Å². The number of thiophene rings is 1. The smallest absolute Gasteiger partial charge is 0.281 e. The van der Waals surface area contributed by atoms with Gasteiger partial charge in [0.05, 0.1) is 29.6 Å². The molecule has 0 aliphatic rings. The highest BCUT2D eigenvalue weighted by molar-refractivity contribution is 7.15. The summed E-state index contributed by atoms with van der Waals surface area (Å²) in [6.45, 7) is -0.0285. The topological polar surface area (TPSA) is 76.2 Å². The number of hydrogen-bond donors (Lipinski definition) is 1. The van der Waals surface area contributed by atoms with Gasteiger partial charge >= 0.3 is 0 Å². The van der Waals surface area contributed by atoms with Gasteiger partial charge in [-0.15, -0.1) is 11.3 Å². The highest BCUT2D eigenvalue weighted by atomic mass is 32.1. The van der Waals surface area contributed by atoms with Crippen LogP contribution in [0.5, 0.6) is 0 Å². The van der Waals surface area contributed by atoms with Crippen molar-refractivity contribution in [3.8, 4) is 22.1 Å². The summed E-state index contributed by atoms with van der Waals surface area (Å²) in [7, 11) is 0. The Balaban J connectivity index is 1.81. The molecular weight excluding hydrogens is 348 g/mol. The van der Waals surface area contributed by atoms with Crippen LogP contribution in [0.1, 0.15) is 17.0 Å². The summed E-state index contributed by atoms with van der Waals surface area (Å²) >= 11 is 1.43. The van der Waals surface area contributed by atoms with Crippen LogP contribution in [0, 0.1) is 0 Å². The van der Waals surface area contributed by atoms with Crippen LogP contribution < -0.4 is 0 Å². The number of alkyl halides is 2. The number of aliphatic hydroxyl groups excluding tert-OH is 1. The quantitative estimate of drug-likeness (QED) is 0.605. The van der Waals surface area contributed by atoms with Gasteiger partial charge in [-0.1, -0.05) is 0 Å². The van der Waals surface area contributed by atoms with E-state index < -0.39 is 6.43 Å². The molecule has 0 saturated carbocycles. The molecule has 4 aromatic heterocycles. The summed E-state index contributed by atoms with van der Waals surface area (Å²) in [6, 6.07) is 5.46. The molecule has 9 heteroatoms. The van der Waals surface area contributed by atoms with Gasteiger partial charge in [-0.25, -0.2) is 28.7 Å². The first kappa shape index (κ1) is 15.7. The van der Waals surface area contributed by atoms with Gasteiger partial charge in [0.1, 0.15) is 11.4 Å². The van der Waals surface area contributed by atoms with Gasteiger partial charge in [0.25, 0.3) is 6.43 Å². The Bertz CT molecular complexity index is 1050. The fourth-order valence-corrected chi connectivity index (χ4v) is 3.24. The second-order valence-electron chi connectivity index (χ2n) is 5.17. The van der Waals surface area contributed by atoms with Crippen molar-refractivity contribution in [2.45, 2.75) is 13.0 Å². The van der Waals surface area contributed by atoms with Crippen LogP contribution >= 0.6 is 11.3 Å². The third kappa shape index (κ3) is 2.87. The lowest BCUT2D eigenvalue weighted by Gasteiger charge is -2.04. The minimum absolute atomic E-state index is 0.0285. The Hall–Kier alpha value is -2.78. The lowest BCUT2D eigenvalue weighted by Crippen LogP contribution is -1.98. The first-order chi connectivity index (χ1) is 12.2. The lowest BCUT2D eigenvalue weighted by atomic mass is 10.3. The van der Waals surface area contributed by atoms with Crippen molar-refractivity contribution < 1.29 is 13.9 Å². The average molecular weight is 359 g/mol. The standard InChI is InChI=1S/C16H11F2N5OS/c17-15(18)11-7-23-12(5-21-14(23)6-20-11)16-19-4-3-10(22-16)13-2-1-9(8-24)25-13/h1-7,15,24H,8H2. The molecule has 0 unspecified atom stereocenters. The van der Waals surface area contributed by atoms with Crippen LogP contribution in [0.3, 0.4) is 0 Å². The molecule has 4 aromatic rings. The Labute approximate surface area is 144 Å². The lowest BCUT2D eigenvalue weighted by molar-refractivity contribution is 0.145. The number of hydrogen-bond acceptors (Lipinski definition) is 6. The molecule has 0 atom stereocenters. The van der Waals surface area contributed by atoms with E-state index in [9.17, 15) is 13.9 Å². The molecule has 0 aromatic carbocycles. The van der Waals surface area contributed by atoms with Crippen molar-refractivity contribution in [3.05, 3.63) is 53.6 Å². The second-order valence-corrected chi connectivity index (χ2v) is 6.34. The maximum absolute atomic E-state index is 12.9. The van der Waals surface area contributed by atoms with E-state index in [1.54, 1.807) is 12.3 Å². The normalized spacial score (nSPS) is 11.5. The fourth-order valence-electron chi connectivity index (χ4n) is 2.40. The first-order valence-corrected chi connectivity index (χ1v) is 8.12. The third-order valence-electron chi connectivity index (χ3n) is 3.59. The zero-order chi connectivity index (χ0) is 17.4.